The van der Waals surface area contributed by atoms with Crippen LogP contribution in [0.1, 0.15) is 41.3 Å². The zero-order chi connectivity index (χ0) is 30.4. The van der Waals surface area contributed by atoms with Crippen molar-refractivity contribution in [1.29, 1.82) is 5.26 Å². The van der Waals surface area contributed by atoms with Crippen molar-refractivity contribution in [3.05, 3.63) is 77.5 Å². The van der Waals surface area contributed by atoms with E-state index in [1.165, 1.54) is 12.1 Å². The van der Waals surface area contributed by atoms with Crippen molar-refractivity contribution >= 4 is 17.2 Å². The Morgan fingerprint density at radius 2 is 1.93 bits per heavy atom. The minimum Gasteiger partial charge on any atom is -0.495 e. The number of amides is 1. The number of halogens is 1. The molecule has 0 atom stereocenters. The minimum atomic E-state index is -0.419. The number of morpholine rings is 1. The number of carbonyl (C=O) groups excluding carboxylic acids is 1. The first-order valence-electron chi connectivity index (χ1n) is 14.3. The minimum absolute atomic E-state index is 0.253. The lowest BCUT2D eigenvalue weighted by molar-refractivity contribution is 0.0890. The van der Waals surface area contributed by atoms with Gasteiger partial charge in [0.2, 0.25) is 0 Å². The van der Waals surface area contributed by atoms with Crippen LogP contribution in [0.5, 0.6) is 5.75 Å². The first kappa shape index (κ1) is 29.9. The Balaban J connectivity index is 0.000000548. The van der Waals surface area contributed by atoms with Crippen LogP contribution in [0.2, 0.25) is 0 Å². The number of rotatable bonds is 5. The lowest BCUT2D eigenvalue weighted by atomic mass is 9.89. The van der Waals surface area contributed by atoms with Crippen molar-refractivity contribution in [2.75, 3.05) is 51.4 Å². The zero-order valence-corrected chi connectivity index (χ0v) is 24.7. The SMILES string of the molecule is C1COCCN1.COc1cc(-c2ccc(N3CCC(C)(NC(=O)c4cc(F)ccc4C)CC3)nc2)c2c(C#N)cnn2c1. The van der Waals surface area contributed by atoms with Gasteiger partial charge < -0.3 is 25.0 Å². The maximum Gasteiger partial charge on any atom is 0.252 e. The van der Waals surface area contributed by atoms with Crippen LogP contribution in [0.15, 0.2) is 55.0 Å². The van der Waals surface area contributed by atoms with Gasteiger partial charge in [0.05, 0.1) is 43.8 Å². The quantitative estimate of drug-likeness (QED) is 0.359. The van der Waals surface area contributed by atoms with Gasteiger partial charge in [-0.1, -0.05) is 6.07 Å². The Hall–Kier alpha value is -4.53. The van der Waals surface area contributed by atoms with E-state index in [9.17, 15) is 14.4 Å². The molecule has 4 aromatic rings. The summed E-state index contributed by atoms with van der Waals surface area (Å²) in [5.74, 6) is 0.796. The molecule has 0 spiro atoms. The van der Waals surface area contributed by atoms with Crippen LogP contribution < -0.4 is 20.3 Å². The Kier molecular flexibility index (Phi) is 9.19. The van der Waals surface area contributed by atoms with Gasteiger partial charge in [0.1, 0.15) is 23.5 Å². The summed E-state index contributed by atoms with van der Waals surface area (Å²) < 4.78 is 25.7. The van der Waals surface area contributed by atoms with Crippen LogP contribution in [0.25, 0.3) is 16.6 Å². The van der Waals surface area contributed by atoms with E-state index in [1.54, 1.807) is 43.2 Å². The molecule has 11 heteroatoms. The molecule has 1 aromatic carbocycles. The molecule has 2 saturated heterocycles. The van der Waals surface area contributed by atoms with E-state index in [1.807, 2.05) is 25.1 Å². The highest BCUT2D eigenvalue weighted by Crippen LogP contribution is 2.32. The summed E-state index contributed by atoms with van der Waals surface area (Å²) in [6.45, 7) is 9.10. The number of carbonyl (C=O) groups is 1. The fourth-order valence-corrected chi connectivity index (χ4v) is 5.29. The summed E-state index contributed by atoms with van der Waals surface area (Å²) in [7, 11) is 1.59. The number of fused-ring (bicyclic) bond motifs is 1. The third-order valence-corrected chi connectivity index (χ3v) is 7.90. The number of ether oxygens (including phenoxy) is 2. The number of piperidine rings is 1. The second kappa shape index (κ2) is 13.2. The summed E-state index contributed by atoms with van der Waals surface area (Å²) in [6, 6.07) is 12.3. The Bertz CT molecular complexity index is 1610. The van der Waals surface area contributed by atoms with Gasteiger partial charge >= 0.3 is 0 Å². The lowest BCUT2D eigenvalue weighted by Gasteiger charge is -2.40. The highest BCUT2D eigenvalue weighted by molar-refractivity contribution is 5.96. The molecule has 3 aromatic heterocycles. The highest BCUT2D eigenvalue weighted by Gasteiger charge is 2.32. The molecule has 0 radical (unpaired) electrons. The van der Waals surface area contributed by atoms with Crippen molar-refractivity contribution in [2.24, 2.45) is 0 Å². The summed E-state index contributed by atoms with van der Waals surface area (Å²) in [5, 5.41) is 20.1. The molecule has 224 valence electrons. The number of aryl methyl sites for hydroxylation is 1. The third kappa shape index (κ3) is 6.93. The maximum absolute atomic E-state index is 13.7. The number of nitrogens with zero attached hydrogens (tertiary/aromatic N) is 5. The number of pyridine rings is 2. The van der Waals surface area contributed by atoms with Crippen LogP contribution in [0, 0.1) is 24.1 Å². The van der Waals surface area contributed by atoms with Crippen LogP contribution >= 0.6 is 0 Å². The van der Waals surface area contributed by atoms with E-state index in [2.05, 4.69) is 26.7 Å². The Morgan fingerprint density at radius 3 is 2.53 bits per heavy atom. The van der Waals surface area contributed by atoms with Gasteiger partial charge in [0.15, 0.2) is 0 Å². The predicted octanol–water partition coefficient (Wildman–Crippen LogP) is 4.12. The van der Waals surface area contributed by atoms with Gasteiger partial charge in [-0.3, -0.25) is 4.79 Å². The number of benzene rings is 1. The van der Waals surface area contributed by atoms with Gasteiger partial charge in [-0.2, -0.15) is 10.4 Å². The van der Waals surface area contributed by atoms with Gasteiger partial charge in [-0.05, 0) is 62.6 Å². The molecule has 0 unspecified atom stereocenters. The molecule has 2 N–H and O–H groups in total. The molecule has 6 rings (SSSR count). The molecule has 0 bridgehead atoms. The molecule has 0 saturated carbocycles. The second-order valence-electron chi connectivity index (χ2n) is 11.0. The summed E-state index contributed by atoms with van der Waals surface area (Å²) in [4.78, 5) is 19.7. The molecule has 43 heavy (non-hydrogen) atoms. The first-order valence-corrected chi connectivity index (χ1v) is 14.3. The number of hydrogen-bond donors (Lipinski definition) is 2. The number of hydrogen-bond acceptors (Lipinski definition) is 8. The van der Waals surface area contributed by atoms with Crippen LogP contribution in [-0.2, 0) is 4.74 Å². The van der Waals surface area contributed by atoms with E-state index >= 15 is 0 Å². The van der Waals surface area contributed by atoms with Crippen molar-refractivity contribution < 1.29 is 18.7 Å². The van der Waals surface area contributed by atoms with Crippen molar-refractivity contribution in [3.63, 3.8) is 0 Å². The lowest BCUT2D eigenvalue weighted by Crippen LogP contribution is -2.53. The van der Waals surface area contributed by atoms with E-state index < -0.39 is 11.4 Å². The van der Waals surface area contributed by atoms with Crippen LogP contribution in [-0.4, -0.2) is 72.5 Å². The van der Waals surface area contributed by atoms with Crippen molar-refractivity contribution in [3.8, 4) is 22.9 Å². The molecule has 1 amide bonds. The average molecular weight is 586 g/mol. The number of anilines is 1. The second-order valence-corrected chi connectivity index (χ2v) is 11.0. The van der Waals surface area contributed by atoms with Gasteiger partial charge in [0.25, 0.3) is 5.91 Å². The Labute approximate surface area is 250 Å². The largest absolute Gasteiger partial charge is 0.495 e. The van der Waals surface area contributed by atoms with E-state index in [4.69, 9.17) is 14.5 Å². The van der Waals surface area contributed by atoms with Gasteiger partial charge in [0, 0.05) is 54.6 Å². The fraction of sp³-hybridized carbons (Fsp3) is 0.375. The zero-order valence-electron chi connectivity index (χ0n) is 24.7. The van der Waals surface area contributed by atoms with Crippen LogP contribution in [0.4, 0.5) is 10.2 Å². The molecule has 2 aliphatic heterocycles. The topological polar surface area (TPSA) is 117 Å². The fourth-order valence-electron chi connectivity index (χ4n) is 5.29. The smallest absolute Gasteiger partial charge is 0.252 e. The highest BCUT2D eigenvalue weighted by atomic mass is 19.1. The molecular weight excluding hydrogens is 549 g/mol. The standard InChI is InChI=1S/C28H27FN6O2.C4H9NO/c1-18-4-6-21(29)12-23(18)27(36)33-28(2)8-10-34(11-9-28)25-7-5-19(15-31-25)24-13-22(37-3)17-35-26(24)20(14-30)16-32-35;1-3-6-4-2-5-1/h4-7,12-13,15-17H,8-11H2,1-3H3,(H,33,36);5H,1-4H2. The number of aromatic nitrogens is 3. The van der Waals surface area contributed by atoms with Gasteiger partial charge in [-0.25, -0.2) is 13.9 Å². The molecule has 0 aliphatic carbocycles. The number of nitriles is 1. The molecule has 2 aliphatic rings. The predicted molar refractivity (Wildman–Crippen MR) is 162 cm³/mol. The number of methoxy groups -OCH3 is 1. The monoisotopic (exact) mass is 585 g/mol. The van der Waals surface area contributed by atoms with E-state index in [-0.39, 0.29) is 5.91 Å². The van der Waals surface area contributed by atoms with Crippen LogP contribution in [0.3, 0.4) is 0 Å². The van der Waals surface area contributed by atoms with Gasteiger partial charge in [-0.15, -0.1) is 0 Å². The molecule has 5 heterocycles. The maximum atomic E-state index is 13.7. The third-order valence-electron chi connectivity index (χ3n) is 7.90. The molecular formula is C32H36FN7O3. The van der Waals surface area contributed by atoms with E-state index in [0.29, 0.717) is 22.4 Å². The first-order chi connectivity index (χ1) is 20.8. The summed E-state index contributed by atoms with van der Waals surface area (Å²) in [6.07, 6.45) is 6.53. The van der Waals surface area contributed by atoms with Crippen molar-refractivity contribution in [1.82, 2.24) is 25.2 Å². The normalized spacial score (nSPS) is 16.1. The number of nitrogens with one attached hydrogen (secondary N) is 2. The van der Waals surface area contributed by atoms with E-state index in [0.717, 1.165) is 74.7 Å². The summed E-state index contributed by atoms with van der Waals surface area (Å²) >= 11 is 0. The Morgan fingerprint density at radius 1 is 1.16 bits per heavy atom. The molecule has 2 fully saturated rings. The summed E-state index contributed by atoms with van der Waals surface area (Å²) in [5.41, 5.74) is 3.57. The van der Waals surface area contributed by atoms with Crippen molar-refractivity contribution in [2.45, 2.75) is 32.2 Å². The average Bonchev–Trinajstić information content (AvgIpc) is 3.46. The molecule has 10 nitrogen and oxygen atoms in total.